The van der Waals surface area contributed by atoms with Crippen LogP contribution in [0.2, 0.25) is 5.02 Å². The monoisotopic (exact) mass is 283 g/mol. The number of nitrogens with one attached hydrogen (secondary N) is 1. The lowest BCUT2D eigenvalue weighted by atomic mass is 9.95. The summed E-state index contributed by atoms with van der Waals surface area (Å²) in [4.78, 5) is 0. The second kappa shape index (κ2) is 6.02. The van der Waals surface area contributed by atoms with Crippen LogP contribution in [-0.4, -0.2) is 20.8 Å². The molecule has 1 atom stereocenters. The summed E-state index contributed by atoms with van der Waals surface area (Å²) in [5, 5.41) is 4.30. The van der Waals surface area contributed by atoms with E-state index < -0.39 is 0 Å². The van der Waals surface area contributed by atoms with Crippen LogP contribution in [0.3, 0.4) is 0 Å². The summed E-state index contributed by atoms with van der Waals surface area (Å²) in [6, 6.07) is 2.25. The minimum absolute atomic E-state index is 0.259. The number of hydrogen-bond donors (Lipinski definition) is 1. The van der Waals surface area contributed by atoms with E-state index in [0.29, 0.717) is 5.92 Å². The molecule has 19 heavy (non-hydrogen) atoms. The Labute approximate surface area is 120 Å². The molecule has 3 nitrogen and oxygen atoms in total. The molecule has 0 amide bonds. The lowest BCUT2D eigenvalue weighted by molar-refractivity contribution is 0.347. The summed E-state index contributed by atoms with van der Waals surface area (Å²) in [5.41, 5.74) is 2.16. The lowest BCUT2D eigenvalue weighted by Gasteiger charge is -2.22. The van der Waals surface area contributed by atoms with Crippen molar-refractivity contribution in [3.05, 3.63) is 22.2 Å². The summed E-state index contributed by atoms with van der Waals surface area (Å²) in [6.07, 6.45) is 2.25. The van der Waals surface area contributed by atoms with Crippen molar-refractivity contribution in [3.63, 3.8) is 0 Å². The Morgan fingerprint density at radius 2 is 2.05 bits per heavy atom. The molecule has 1 unspecified atom stereocenters. The van der Waals surface area contributed by atoms with E-state index in [4.69, 9.17) is 21.1 Å². The van der Waals surface area contributed by atoms with Gasteiger partial charge in [-0.2, -0.15) is 0 Å². The molecule has 1 aromatic rings. The van der Waals surface area contributed by atoms with E-state index >= 15 is 0 Å². The zero-order valence-electron chi connectivity index (χ0n) is 12.0. The fourth-order valence-corrected chi connectivity index (χ4v) is 3.17. The molecular formula is C15H22ClNO2. The van der Waals surface area contributed by atoms with E-state index in [1.54, 1.807) is 14.2 Å². The number of methoxy groups -OCH3 is 2. The zero-order chi connectivity index (χ0) is 14.0. The van der Waals surface area contributed by atoms with Gasteiger partial charge < -0.3 is 14.8 Å². The van der Waals surface area contributed by atoms with Gasteiger partial charge in [-0.05, 0) is 36.9 Å². The average Bonchev–Trinajstić information content (AvgIpc) is 2.91. The molecule has 1 saturated heterocycles. The van der Waals surface area contributed by atoms with Crippen molar-refractivity contribution in [2.45, 2.75) is 38.6 Å². The van der Waals surface area contributed by atoms with Crippen LogP contribution >= 0.6 is 11.6 Å². The van der Waals surface area contributed by atoms with Gasteiger partial charge in [0.25, 0.3) is 0 Å². The smallest absolute Gasteiger partial charge is 0.166 e. The van der Waals surface area contributed by atoms with Gasteiger partial charge in [-0.15, -0.1) is 0 Å². The molecule has 1 N–H and O–H groups in total. The molecule has 1 fully saturated rings. The number of benzene rings is 1. The van der Waals surface area contributed by atoms with E-state index in [1.165, 1.54) is 6.42 Å². The van der Waals surface area contributed by atoms with Gasteiger partial charge in [-0.25, -0.2) is 0 Å². The molecular weight excluding hydrogens is 262 g/mol. The second-order valence-corrected chi connectivity index (χ2v) is 5.61. The highest BCUT2D eigenvalue weighted by Gasteiger charge is 2.27. The summed E-state index contributed by atoms with van der Waals surface area (Å²) < 4.78 is 11.0. The van der Waals surface area contributed by atoms with E-state index in [1.807, 2.05) is 6.07 Å². The molecule has 0 saturated carbocycles. The topological polar surface area (TPSA) is 30.5 Å². The van der Waals surface area contributed by atoms with Crippen molar-refractivity contribution in [3.8, 4) is 11.5 Å². The third kappa shape index (κ3) is 2.67. The van der Waals surface area contributed by atoms with Crippen LogP contribution in [0.15, 0.2) is 6.07 Å². The largest absolute Gasteiger partial charge is 0.493 e. The van der Waals surface area contributed by atoms with Crippen LogP contribution in [-0.2, 0) is 0 Å². The molecule has 0 radical (unpaired) electrons. The Morgan fingerprint density at radius 3 is 2.53 bits per heavy atom. The molecule has 0 aliphatic carbocycles. The Bertz CT molecular complexity index is 454. The number of ether oxygens (including phenoxy) is 2. The highest BCUT2D eigenvalue weighted by molar-refractivity contribution is 6.32. The van der Waals surface area contributed by atoms with E-state index in [-0.39, 0.29) is 6.04 Å². The zero-order valence-corrected chi connectivity index (χ0v) is 12.8. The Kier molecular flexibility index (Phi) is 4.58. The summed E-state index contributed by atoms with van der Waals surface area (Å²) >= 11 is 6.62. The molecule has 0 aromatic heterocycles. The molecule has 2 rings (SSSR count). The third-order valence-electron chi connectivity index (χ3n) is 3.70. The molecule has 1 heterocycles. The first-order valence-electron chi connectivity index (χ1n) is 6.77. The van der Waals surface area contributed by atoms with Crippen molar-refractivity contribution in [1.29, 1.82) is 0 Å². The van der Waals surface area contributed by atoms with Crippen LogP contribution in [0, 0.1) is 0 Å². The summed E-state index contributed by atoms with van der Waals surface area (Å²) in [5.74, 6) is 1.88. The SMILES string of the molecule is COc1cc(C(C)C)c(Cl)c(C2CCCN2)c1OC. The maximum absolute atomic E-state index is 6.62. The normalized spacial score (nSPS) is 18.9. The predicted molar refractivity (Wildman–Crippen MR) is 78.6 cm³/mol. The second-order valence-electron chi connectivity index (χ2n) is 5.23. The Hall–Kier alpha value is -0.930. The van der Waals surface area contributed by atoms with Crippen LogP contribution < -0.4 is 14.8 Å². The van der Waals surface area contributed by atoms with Crippen molar-refractivity contribution in [1.82, 2.24) is 5.32 Å². The van der Waals surface area contributed by atoms with Gasteiger partial charge in [0.15, 0.2) is 11.5 Å². The van der Waals surface area contributed by atoms with Crippen LogP contribution in [0.5, 0.6) is 11.5 Å². The number of halogens is 1. The molecule has 0 spiro atoms. The molecule has 0 bridgehead atoms. The summed E-state index contributed by atoms with van der Waals surface area (Å²) in [7, 11) is 3.34. The molecule has 1 aliphatic rings. The van der Waals surface area contributed by atoms with Gasteiger partial charge in [0, 0.05) is 11.6 Å². The van der Waals surface area contributed by atoms with Crippen LogP contribution in [0.25, 0.3) is 0 Å². The van der Waals surface area contributed by atoms with Gasteiger partial charge in [-0.1, -0.05) is 25.4 Å². The van der Waals surface area contributed by atoms with Crippen molar-refractivity contribution in [2.75, 3.05) is 20.8 Å². The van der Waals surface area contributed by atoms with E-state index in [0.717, 1.165) is 40.6 Å². The number of rotatable bonds is 4. The van der Waals surface area contributed by atoms with Crippen molar-refractivity contribution >= 4 is 11.6 Å². The Balaban J connectivity index is 2.61. The summed E-state index contributed by atoms with van der Waals surface area (Å²) in [6.45, 7) is 5.30. The van der Waals surface area contributed by atoms with Crippen LogP contribution in [0.1, 0.15) is 49.8 Å². The maximum atomic E-state index is 6.62. The standard InChI is InChI=1S/C15H22ClNO2/c1-9(2)10-8-12(18-3)15(19-4)13(14(10)16)11-6-5-7-17-11/h8-9,11,17H,5-7H2,1-4H3. The van der Waals surface area contributed by atoms with E-state index in [9.17, 15) is 0 Å². The van der Waals surface area contributed by atoms with Crippen molar-refractivity contribution in [2.24, 2.45) is 0 Å². The van der Waals surface area contributed by atoms with Gasteiger partial charge in [0.1, 0.15) is 0 Å². The fourth-order valence-electron chi connectivity index (χ4n) is 2.68. The van der Waals surface area contributed by atoms with Gasteiger partial charge in [-0.3, -0.25) is 0 Å². The van der Waals surface area contributed by atoms with Gasteiger partial charge in [0.05, 0.1) is 19.2 Å². The predicted octanol–water partition coefficient (Wildman–Crippen LogP) is 3.91. The van der Waals surface area contributed by atoms with Gasteiger partial charge in [0.2, 0.25) is 0 Å². The first-order chi connectivity index (χ1) is 9.10. The lowest BCUT2D eigenvalue weighted by Crippen LogP contribution is -2.15. The highest BCUT2D eigenvalue weighted by Crippen LogP contribution is 2.45. The number of hydrogen-bond acceptors (Lipinski definition) is 3. The van der Waals surface area contributed by atoms with Crippen molar-refractivity contribution < 1.29 is 9.47 Å². The van der Waals surface area contributed by atoms with E-state index in [2.05, 4.69) is 19.2 Å². The highest BCUT2D eigenvalue weighted by atomic mass is 35.5. The molecule has 106 valence electrons. The first kappa shape index (κ1) is 14.5. The molecule has 1 aliphatic heterocycles. The fraction of sp³-hybridized carbons (Fsp3) is 0.600. The Morgan fingerprint density at radius 1 is 1.32 bits per heavy atom. The van der Waals surface area contributed by atoms with Crippen LogP contribution in [0.4, 0.5) is 0 Å². The molecule has 1 aromatic carbocycles. The average molecular weight is 284 g/mol. The minimum Gasteiger partial charge on any atom is -0.493 e. The van der Waals surface area contributed by atoms with Gasteiger partial charge >= 0.3 is 0 Å². The maximum Gasteiger partial charge on any atom is 0.166 e. The third-order valence-corrected chi connectivity index (χ3v) is 4.12. The first-order valence-corrected chi connectivity index (χ1v) is 7.15. The molecule has 4 heteroatoms. The quantitative estimate of drug-likeness (QED) is 0.909. The minimum atomic E-state index is 0.259.